The van der Waals surface area contributed by atoms with E-state index < -0.39 is 23.5 Å². The van der Waals surface area contributed by atoms with Crippen molar-refractivity contribution < 1.29 is 24.2 Å². The second-order valence-electron chi connectivity index (χ2n) is 9.89. The number of ether oxygens (including phenoxy) is 1. The van der Waals surface area contributed by atoms with Gasteiger partial charge >= 0.3 is 12.1 Å². The molecule has 1 fully saturated rings. The number of carbonyl (C=O) groups excluding carboxylic acids is 2. The van der Waals surface area contributed by atoms with Crippen LogP contribution in [0.4, 0.5) is 4.79 Å². The molecule has 1 saturated carbocycles. The van der Waals surface area contributed by atoms with Crippen LogP contribution in [0.25, 0.3) is 11.1 Å². The zero-order chi connectivity index (χ0) is 25.0. The minimum absolute atomic E-state index is 0.0397. The molecule has 0 heterocycles. The van der Waals surface area contributed by atoms with Gasteiger partial charge in [0.2, 0.25) is 5.91 Å². The first-order chi connectivity index (χ1) is 16.8. The first kappa shape index (κ1) is 24.8. The molecule has 7 heteroatoms. The van der Waals surface area contributed by atoms with Crippen molar-refractivity contribution >= 4 is 18.0 Å². The van der Waals surface area contributed by atoms with Crippen LogP contribution in [-0.4, -0.2) is 41.8 Å². The highest BCUT2D eigenvalue weighted by atomic mass is 16.5. The molecule has 0 aliphatic heterocycles. The lowest BCUT2D eigenvalue weighted by Gasteiger charge is -2.38. The van der Waals surface area contributed by atoms with Crippen LogP contribution in [0.15, 0.2) is 48.5 Å². The molecule has 2 aliphatic carbocycles. The molecule has 2 aliphatic rings. The summed E-state index contributed by atoms with van der Waals surface area (Å²) < 4.78 is 5.56. The highest BCUT2D eigenvalue weighted by Crippen LogP contribution is 2.44. The molecule has 4 rings (SSSR count). The Kier molecular flexibility index (Phi) is 7.43. The molecule has 3 N–H and O–H groups in total. The molecule has 2 aromatic carbocycles. The maximum absolute atomic E-state index is 12.9. The molecule has 0 aromatic heterocycles. The van der Waals surface area contributed by atoms with Gasteiger partial charge in [0.15, 0.2) is 0 Å². The Morgan fingerprint density at radius 3 is 2.29 bits per heavy atom. The van der Waals surface area contributed by atoms with Gasteiger partial charge in [-0.1, -0.05) is 75.2 Å². The molecule has 0 saturated heterocycles. The zero-order valence-electron chi connectivity index (χ0n) is 20.4. The van der Waals surface area contributed by atoms with Gasteiger partial charge in [0, 0.05) is 12.5 Å². The Morgan fingerprint density at radius 1 is 1.09 bits per heavy atom. The molecule has 7 nitrogen and oxygen atoms in total. The van der Waals surface area contributed by atoms with Crippen LogP contribution in [-0.2, 0) is 14.3 Å². The number of rotatable bonds is 8. The minimum Gasteiger partial charge on any atom is -0.480 e. The molecule has 35 heavy (non-hydrogen) atoms. The van der Waals surface area contributed by atoms with Gasteiger partial charge in [-0.25, -0.2) is 9.59 Å². The molecule has 186 valence electrons. The van der Waals surface area contributed by atoms with Crippen molar-refractivity contribution in [3.05, 3.63) is 59.7 Å². The van der Waals surface area contributed by atoms with Crippen LogP contribution in [0.1, 0.15) is 63.0 Å². The summed E-state index contributed by atoms with van der Waals surface area (Å²) in [5, 5.41) is 15.3. The van der Waals surface area contributed by atoms with E-state index in [1.165, 1.54) is 0 Å². The molecular weight excluding hydrogens is 444 g/mol. The smallest absolute Gasteiger partial charge is 0.407 e. The Balaban J connectivity index is 1.33. The molecule has 0 spiro atoms. The highest BCUT2D eigenvalue weighted by Gasteiger charge is 2.44. The number of alkyl carbamates (subject to hydrolysis) is 1. The third kappa shape index (κ3) is 5.19. The monoisotopic (exact) mass is 478 g/mol. The average Bonchev–Trinajstić information content (AvgIpc) is 3.16. The number of carbonyl (C=O) groups is 3. The van der Waals surface area contributed by atoms with Crippen molar-refractivity contribution in [3.8, 4) is 11.1 Å². The van der Waals surface area contributed by atoms with E-state index in [0.717, 1.165) is 35.1 Å². The summed E-state index contributed by atoms with van der Waals surface area (Å²) in [6.45, 7) is 4.15. The van der Waals surface area contributed by atoms with E-state index in [1.54, 1.807) is 0 Å². The Morgan fingerprint density at radius 2 is 1.71 bits per heavy atom. The molecule has 2 aromatic rings. The quantitative estimate of drug-likeness (QED) is 0.510. The van der Waals surface area contributed by atoms with E-state index in [9.17, 15) is 19.5 Å². The van der Waals surface area contributed by atoms with Gasteiger partial charge in [0.05, 0.1) is 5.92 Å². The van der Waals surface area contributed by atoms with Gasteiger partial charge in [-0.2, -0.15) is 0 Å². The molecule has 3 unspecified atom stereocenters. The molecule has 3 atom stereocenters. The Bertz CT molecular complexity index is 1050. The maximum atomic E-state index is 12.9. The number of amides is 2. The first-order valence-corrected chi connectivity index (χ1v) is 12.5. The van der Waals surface area contributed by atoms with Crippen LogP contribution in [0.2, 0.25) is 0 Å². The van der Waals surface area contributed by atoms with E-state index in [4.69, 9.17) is 4.74 Å². The third-order valence-corrected chi connectivity index (χ3v) is 7.47. The summed E-state index contributed by atoms with van der Waals surface area (Å²) in [5.41, 5.74) is 3.35. The molecule has 2 amide bonds. The van der Waals surface area contributed by atoms with Crippen molar-refractivity contribution in [2.45, 2.75) is 57.4 Å². The van der Waals surface area contributed by atoms with E-state index in [-0.39, 0.29) is 30.9 Å². The molecule has 0 radical (unpaired) electrons. The van der Waals surface area contributed by atoms with E-state index in [2.05, 4.69) is 34.9 Å². The number of benzene rings is 2. The summed E-state index contributed by atoms with van der Waals surface area (Å²) >= 11 is 0. The standard InChI is InChI=1S/C28H34N2O5/c1-3-19(25(31)30-28(26(32)33)14-8-9-18(2)15-28)16-29-27(34)35-17-24-22-12-6-4-10-20(22)21-11-5-7-13-23(21)24/h4-7,10-13,18-19,24H,3,8-9,14-17H2,1-2H3,(H,29,34)(H,30,31)(H,32,33). The number of hydrogen-bond donors (Lipinski definition) is 3. The van der Waals surface area contributed by atoms with Gasteiger partial charge in [-0.05, 0) is 47.4 Å². The summed E-state index contributed by atoms with van der Waals surface area (Å²) in [7, 11) is 0. The van der Waals surface area contributed by atoms with Crippen LogP contribution >= 0.6 is 0 Å². The van der Waals surface area contributed by atoms with Crippen LogP contribution in [0, 0.1) is 11.8 Å². The SMILES string of the molecule is CCC(CNC(=O)OCC1c2ccccc2-c2ccccc21)C(=O)NC1(C(=O)O)CCCC(C)C1. The van der Waals surface area contributed by atoms with Crippen LogP contribution in [0.5, 0.6) is 0 Å². The summed E-state index contributed by atoms with van der Waals surface area (Å²) in [5.74, 6) is -1.68. The fourth-order valence-corrected chi connectivity index (χ4v) is 5.53. The maximum Gasteiger partial charge on any atom is 0.407 e. The average molecular weight is 479 g/mol. The number of carboxylic acid groups (broad SMARTS) is 1. The predicted octanol–water partition coefficient (Wildman–Crippen LogP) is 4.70. The number of hydrogen-bond acceptors (Lipinski definition) is 4. The largest absolute Gasteiger partial charge is 0.480 e. The first-order valence-electron chi connectivity index (χ1n) is 12.5. The number of aliphatic carboxylic acids is 1. The van der Waals surface area contributed by atoms with Crippen molar-refractivity contribution in [1.29, 1.82) is 0 Å². The second kappa shape index (κ2) is 10.5. The van der Waals surface area contributed by atoms with E-state index >= 15 is 0 Å². The van der Waals surface area contributed by atoms with Gasteiger partial charge in [0.25, 0.3) is 0 Å². The minimum atomic E-state index is -1.23. The van der Waals surface area contributed by atoms with Gasteiger partial charge < -0.3 is 20.5 Å². The molecular formula is C28H34N2O5. The Hall–Kier alpha value is -3.35. The second-order valence-corrected chi connectivity index (χ2v) is 9.89. The lowest BCUT2D eigenvalue weighted by atomic mass is 9.76. The van der Waals surface area contributed by atoms with E-state index in [0.29, 0.717) is 19.3 Å². The normalized spacial score (nSPS) is 21.9. The highest BCUT2D eigenvalue weighted by molar-refractivity contribution is 5.88. The fourth-order valence-electron chi connectivity index (χ4n) is 5.53. The lowest BCUT2D eigenvalue weighted by Crippen LogP contribution is -2.58. The topological polar surface area (TPSA) is 105 Å². The summed E-state index contributed by atoms with van der Waals surface area (Å²) in [4.78, 5) is 37.5. The van der Waals surface area contributed by atoms with Crippen molar-refractivity contribution in [1.82, 2.24) is 10.6 Å². The zero-order valence-corrected chi connectivity index (χ0v) is 20.4. The van der Waals surface area contributed by atoms with E-state index in [1.807, 2.05) is 38.1 Å². The summed E-state index contributed by atoms with van der Waals surface area (Å²) in [6.07, 6.45) is 2.46. The van der Waals surface area contributed by atoms with Crippen molar-refractivity contribution in [2.24, 2.45) is 11.8 Å². The lowest BCUT2D eigenvalue weighted by molar-refractivity contribution is -0.150. The van der Waals surface area contributed by atoms with Gasteiger partial charge in [-0.15, -0.1) is 0 Å². The number of carboxylic acids is 1. The van der Waals surface area contributed by atoms with Gasteiger partial charge in [0.1, 0.15) is 12.1 Å². The van der Waals surface area contributed by atoms with Crippen molar-refractivity contribution in [2.75, 3.05) is 13.2 Å². The number of fused-ring (bicyclic) bond motifs is 3. The van der Waals surface area contributed by atoms with Crippen LogP contribution in [0.3, 0.4) is 0 Å². The Labute approximate surface area is 206 Å². The van der Waals surface area contributed by atoms with Crippen molar-refractivity contribution in [3.63, 3.8) is 0 Å². The number of nitrogens with one attached hydrogen (secondary N) is 2. The third-order valence-electron chi connectivity index (χ3n) is 7.47. The molecule has 0 bridgehead atoms. The predicted molar refractivity (Wildman–Crippen MR) is 133 cm³/mol. The fraction of sp³-hybridized carbons (Fsp3) is 0.464. The van der Waals surface area contributed by atoms with Gasteiger partial charge in [-0.3, -0.25) is 4.79 Å². The summed E-state index contributed by atoms with van der Waals surface area (Å²) in [6, 6.07) is 16.3. The van der Waals surface area contributed by atoms with Crippen LogP contribution < -0.4 is 10.6 Å².